The smallest absolute Gasteiger partial charge is 0.276 e. The fraction of sp³-hybridized carbons (Fsp3) is 0.222. The molecular weight excluding hydrogens is 412 g/mol. The van der Waals surface area contributed by atoms with Crippen LogP contribution in [0, 0.1) is 0 Å². The predicted octanol–water partition coefficient (Wildman–Crippen LogP) is 4.90. The molecular formula is C27H26N4O2. The van der Waals surface area contributed by atoms with Gasteiger partial charge in [-0.05, 0) is 30.0 Å². The van der Waals surface area contributed by atoms with Crippen molar-refractivity contribution in [2.24, 2.45) is 0 Å². The molecule has 0 bridgehead atoms. The Kier molecular flexibility index (Phi) is 5.89. The largest absolute Gasteiger partial charge is 0.496 e. The van der Waals surface area contributed by atoms with Gasteiger partial charge >= 0.3 is 0 Å². The van der Waals surface area contributed by atoms with Crippen molar-refractivity contribution in [2.45, 2.75) is 24.9 Å². The molecule has 2 heterocycles. The average Bonchev–Trinajstić information content (AvgIpc) is 3.56. The summed E-state index contributed by atoms with van der Waals surface area (Å²) in [7, 11) is 1.67. The maximum absolute atomic E-state index is 13.5. The zero-order valence-corrected chi connectivity index (χ0v) is 18.5. The molecule has 1 aromatic heterocycles. The molecule has 1 atom stereocenters. The van der Waals surface area contributed by atoms with Gasteiger partial charge in [0.25, 0.3) is 5.91 Å². The topological polar surface area (TPSA) is 60.2 Å². The van der Waals surface area contributed by atoms with Gasteiger partial charge in [-0.3, -0.25) is 4.79 Å². The van der Waals surface area contributed by atoms with E-state index in [1.54, 1.807) is 18.0 Å². The zero-order valence-electron chi connectivity index (χ0n) is 18.5. The first-order chi connectivity index (χ1) is 16.3. The lowest BCUT2D eigenvalue weighted by Gasteiger charge is -2.25. The molecule has 1 aliphatic heterocycles. The van der Waals surface area contributed by atoms with Gasteiger partial charge in [0.2, 0.25) is 0 Å². The Morgan fingerprint density at radius 3 is 2.24 bits per heavy atom. The lowest BCUT2D eigenvalue weighted by molar-refractivity contribution is 0.0728. The summed E-state index contributed by atoms with van der Waals surface area (Å²) >= 11 is 0. The molecule has 1 amide bonds. The maximum atomic E-state index is 13.5. The number of rotatable bonds is 6. The van der Waals surface area contributed by atoms with Crippen molar-refractivity contribution >= 4 is 5.91 Å². The number of para-hydroxylation sites is 1. The Bertz CT molecular complexity index is 1180. The van der Waals surface area contributed by atoms with E-state index < -0.39 is 0 Å². The Morgan fingerprint density at radius 2 is 1.58 bits per heavy atom. The minimum Gasteiger partial charge on any atom is -0.496 e. The van der Waals surface area contributed by atoms with E-state index in [0.29, 0.717) is 12.2 Å². The average molecular weight is 439 g/mol. The first-order valence-corrected chi connectivity index (χ1v) is 11.2. The molecule has 0 N–H and O–H groups in total. The molecule has 1 aliphatic rings. The van der Waals surface area contributed by atoms with Gasteiger partial charge in [-0.25, -0.2) is 4.68 Å². The summed E-state index contributed by atoms with van der Waals surface area (Å²) in [5.74, 6) is 0.702. The van der Waals surface area contributed by atoms with Crippen molar-refractivity contribution < 1.29 is 9.53 Å². The van der Waals surface area contributed by atoms with E-state index in [2.05, 4.69) is 34.6 Å². The molecule has 5 rings (SSSR count). The number of hydrogen-bond donors (Lipinski definition) is 0. The van der Waals surface area contributed by atoms with Crippen molar-refractivity contribution in [3.63, 3.8) is 0 Å². The summed E-state index contributed by atoms with van der Waals surface area (Å²) in [6.45, 7) is 0.690. The van der Waals surface area contributed by atoms with E-state index in [-0.39, 0.29) is 18.0 Å². The molecule has 1 saturated heterocycles. The highest BCUT2D eigenvalue weighted by Crippen LogP contribution is 2.37. The first-order valence-electron chi connectivity index (χ1n) is 11.2. The van der Waals surface area contributed by atoms with Crippen LogP contribution >= 0.6 is 0 Å². The number of amides is 1. The van der Waals surface area contributed by atoms with Gasteiger partial charge in [0.15, 0.2) is 5.69 Å². The molecule has 0 unspecified atom stereocenters. The Labute approximate surface area is 193 Å². The molecule has 0 aliphatic carbocycles. The van der Waals surface area contributed by atoms with Crippen LogP contribution in [0.2, 0.25) is 0 Å². The molecule has 6 nitrogen and oxygen atoms in total. The van der Waals surface area contributed by atoms with Crippen molar-refractivity contribution in [3.05, 3.63) is 114 Å². The van der Waals surface area contributed by atoms with Gasteiger partial charge in [0.1, 0.15) is 11.8 Å². The normalized spacial score (nSPS) is 15.7. The highest BCUT2D eigenvalue weighted by atomic mass is 16.5. The van der Waals surface area contributed by atoms with E-state index in [1.807, 2.05) is 65.6 Å². The van der Waals surface area contributed by atoms with Crippen molar-refractivity contribution in [2.75, 3.05) is 13.7 Å². The van der Waals surface area contributed by atoms with E-state index in [1.165, 1.54) is 0 Å². The highest BCUT2D eigenvalue weighted by molar-refractivity contribution is 5.92. The molecule has 4 aromatic rings. The third kappa shape index (κ3) is 4.12. The van der Waals surface area contributed by atoms with Gasteiger partial charge in [0, 0.05) is 12.1 Å². The Morgan fingerprint density at radius 1 is 0.939 bits per heavy atom. The third-order valence-electron chi connectivity index (χ3n) is 6.24. The van der Waals surface area contributed by atoms with Crippen LogP contribution in [0.15, 0.2) is 91.1 Å². The Balaban J connectivity index is 1.46. The lowest BCUT2D eigenvalue weighted by Crippen LogP contribution is -2.31. The number of nitrogens with zero attached hydrogens (tertiary/aromatic N) is 4. The highest BCUT2D eigenvalue weighted by Gasteiger charge is 2.34. The predicted molar refractivity (Wildman–Crippen MR) is 126 cm³/mol. The second-order valence-corrected chi connectivity index (χ2v) is 8.21. The quantitative estimate of drug-likeness (QED) is 0.430. The SMILES string of the molecule is COc1ccccc1[C@@H]1CCCN1C(=O)c1cn(C(c2ccccc2)c2ccccc2)nn1. The van der Waals surface area contributed by atoms with Crippen molar-refractivity contribution in [1.29, 1.82) is 0 Å². The molecule has 166 valence electrons. The van der Waals surface area contributed by atoms with Crippen LogP contribution in [-0.4, -0.2) is 39.5 Å². The van der Waals surface area contributed by atoms with Gasteiger partial charge in [-0.15, -0.1) is 5.10 Å². The fourth-order valence-electron chi connectivity index (χ4n) is 4.69. The van der Waals surface area contributed by atoms with Gasteiger partial charge in [-0.2, -0.15) is 0 Å². The second-order valence-electron chi connectivity index (χ2n) is 8.21. The van der Waals surface area contributed by atoms with Crippen LogP contribution in [0.4, 0.5) is 0 Å². The molecule has 33 heavy (non-hydrogen) atoms. The van der Waals surface area contributed by atoms with Crippen LogP contribution in [0.25, 0.3) is 0 Å². The summed E-state index contributed by atoms with van der Waals surface area (Å²) in [6, 6.07) is 28.0. The van der Waals surface area contributed by atoms with Crippen LogP contribution in [0.1, 0.15) is 52.1 Å². The number of likely N-dealkylation sites (tertiary alicyclic amines) is 1. The molecule has 3 aromatic carbocycles. The van der Waals surface area contributed by atoms with Crippen molar-refractivity contribution in [1.82, 2.24) is 19.9 Å². The van der Waals surface area contributed by atoms with E-state index >= 15 is 0 Å². The standard InChI is InChI=1S/C27H26N4O2/c1-33-25-17-9-8-15-22(25)24-16-10-18-30(24)27(32)23-19-31(29-28-23)26(20-11-4-2-5-12-20)21-13-6-3-7-14-21/h2-9,11-15,17,19,24,26H,10,16,18H2,1H3/t24-/m0/s1. The number of carbonyl (C=O) groups is 1. The summed E-state index contributed by atoms with van der Waals surface area (Å²) in [5.41, 5.74) is 3.56. The summed E-state index contributed by atoms with van der Waals surface area (Å²) < 4.78 is 7.34. The van der Waals surface area contributed by atoms with E-state index in [0.717, 1.165) is 35.3 Å². The maximum Gasteiger partial charge on any atom is 0.276 e. The first kappa shape index (κ1) is 20.9. The van der Waals surface area contributed by atoms with Crippen LogP contribution in [0.3, 0.4) is 0 Å². The fourth-order valence-corrected chi connectivity index (χ4v) is 4.69. The number of hydrogen-bond acceptors (Lipinski definition) is 4. The van der Waals surface area contributed by atoms with Crippen LogP contribution in [0.5, 0.6) is 5.75 Å². The molecule has 6 heteroatoms. The van der Waals surface area contributed by atoms with Gasteiger partial charge in [-0.1, -0.05) is 84.1 Å². The summed E-state index contributed by atoms with van der Waals surface area (Å²) in [5, 5.41) is 8.68. The van der Waals surface area contributed by atoms with E-state index in [9.17, 15) is 4.79 Å². The van der Waals surface area contributed by atoms with Crippen molar-refractivity contribution in [3.8, 4) is 5.75 Å². The molecule has 0 saturated carbocycles. The number of benzene rings is 3. The van der Waals surface area contributed by atoms with Gasteiger partial charge in [0.05, 0.1) is 19.3 Å². The molecule has 0 radical (unpaired) electrons. The molecule has 1 fully saturated rings. The molecule has 0 spiro atoms. The summed E-state index contributed by atoms with van der Waals surface area (Å²) in [4.78, 5) is 15.4. The number of aromatic nitrogens is 3. The number of methoxy groups -OCH3 is 1. The zero-order chi connectivity index (χ0) is 22.6. The van der Waals surface area contributed by atoms with E-state index in [4.69, 9.17) is 4.74 Å². The minimum absolute atomic E-state index is 0.0298. The lowest BCUT2D eigenvalue weighted by atomic mass is 9.99. The minimum atomic E-state index is -0.162. The summed E-state index contributed by atoms with van der Waals surface area (Å²) in [6.07, 6.45) is 3.61. The number of ether oxygens (including phenoxy) is 1. The number of carbonyl (C=O) groups excluding carboxylic acids is 1. The second kappa shape index (κ2) is 9.28. The van der Waals surface area contributed by atoms with Crippen LogP contribution < -0.4 is 4.74 Å². The van der Waals surface area contributed by atoms with Gasteiger partial charge < -0.3 is 9.64 Å². The monoisotopic (exact) mass is 438 g/mol. The van der Waals surface area contributed by atoms with Crippen LogP contribution in [-0.2, 0) is 0 Å². The third-order valence-corrected chi connectivity index (χ3v) is 6.24. The Hall–Kier alpha value is -3.93.